The van der Waals surface area contributed by atoms with Crippen LogP contribution in [0.25, 0.3) is 0 Å². The molecule has 1 atom stereocenters. The molecule has 1 aromatic heterocycles. The van der Waals surface area contributed by atoms with Crippen molar-refractivity contribution >= 4 is 10.0 Å². The van der Waals surface area contributed by atoms with Crippen molar-refractivity contribution in [1.29, 1.82) is 0 Å². The lowest BCUT2D eigenvalue weighted by Gasteiger charge is -2.14. The Labute approximate surface area is 101 Å². The smallest absolute Gasteiger partial charge is 0.243 e. The van der Waals surface area contributed by atoms with Crippen LogP contribution in [0, 0.1) is 0 Å². The van der Waals surface area contributed by atoms with Crippen LogP contribution in [0.3, 0.4) is 0 Å². The molecule has 0 aliphatic carbocycles. The number of hydrogen-bond acceptors (Lipinski definition) is 4. The van der Waals surface area contributed by atoms with Crippen LogP contribution in [0.4, 0.5) is 0 Å². The Bertz CT molecular complexity index is 460. The minimum absolute atomic E-state index is 0.0233. The molecule has 0 bridgehead atoms. The molecule has 0 saturated carbocycles. The first-order chi connectivity index (χ1) is 8.08. The van der Waals surface area contributed by atoms with E-state index in [0.717, 1.165) is 32.4 Å². The first-order valence-electron chi connectivity index (χ1n) is 5.79. The summed E-state index contributed by atoms with van der Waals surface area (Å²) in [6, 6.07) is 0.0233. The lowest BCUT2D eigenvalue weighted by molar-refractivity contribution is 0.518. The minimum atomic E-state index is -3.42. The van der Waals surface area contributed by atoms with Gasteiger partial charge >= 0.3 is 0 Å². The molecule has 0 aromatic carbocycles. The maximum absolute atomic E-state index is 12.0. The number of aromatic nitrogens is 2. The molecule has 17 heavy (non-hydrogen) atoms. The highest BCUT2D eigenvalue weighted by atomic mass is 32.2. The van der Waals surface area contributed by atoms with Gasteiger partial charge in [0.25, 0.3) is 0 Å². The Morgan fingerprint density at radius 2 is 2.29 bits per heavy atom. The predicted octanol–water partition coefficient (Wildman–Crippen LogP) is -0.159. The van der Waals surface area contributed by atoms with Gasteiger partial charge in [0.1, 0.15) is 4.90 Å². The molecule has 2 rings (SSSR count). The third kappa shape index (κ3) is 3.27. The van der Waals surface area contributed by atoms with Crippen LogP contribution in [0.2, 0.25) is 0 Å². The maximum atomic E-state index is 12.0. The van der Waals surface area contributed by atoms with Crippen molar-refractivity contribution in [3.8, 4) is 0 Å². The van der Waals surface area contributed by atoms with Crippen molar-refractivity contribution in [2.75, 3.05) is 13.1 Å². The van der Waals surface area contributed by atoms with Crippen molar-refractivity contribution < 1.29 is 8.42 Å². The first-order valence-corrected chi connectivity index (χ1v) is 7.28. The van der Waals surface area contributed by atoms with Gasteiger partial charge in [0.05, 0.1) is 6.20 Å². The van der Waals surface area contributed by atoms with Gasteiger partial charge in [-0.3, -0.25) is 4.68 Å². The summed E-state index contributed by atoms with van der Waals surface area (Å²) in [5.74, 6) is 0. The molecule has 7 heteroatoms. The Morgan fingerprint density at radius 3 is 3.00 bits per heavy atom. The van der Waals surface area contributed by atoms with Crippen LogP contribution in [0.1, 0.15) is 19.3 Å². The van der Waals surface area contributed by atoms with Gasteiger partial charge in [-0.1, -0.05) is 0 Å². The zero-order valence-corrected chi connectivity index (χ0v) is 10.7. The number of aryl methyl sites for hydroxylation is 1. The molecule has 1 saturated heterocycles. The number of nitrogens with zero attached hydrogens (tertiary/aromatic N) is 2. The van der Waals surface area contributed by atoms with Crippen LogP contribution in [-0.2, 0) is 17.1 Å². The average molecular weight is 258 g/mol. The zero-order valence-electron chi connectivity index (χ0n) is 9.89. The van der Waals surface area contributed by atoms with Crippen molar-refractivity contribution in [1.82, 2.24) is 19.8 Å². The Kier molecular flexibility index (Phi) is 3.80. The largest absolute Gasteiger partial charge is 0.317 e. The molecule has 0 amide bonds. The van der Waals surface area contributed by atoms with E-state index in [9.17, 15) is 8.42 Å². The number of sulfonamides is 1. The summed E-state index contributed by atoms with van der Waals surface area (Å²) in [5, 5.41) is 7.14. The summed E-state index contributed by atoms with van der Waals surface area (Å²) < 4.78 is 28.3. The van der Waals surface area contributed by atoms with Gasteiger partial charge in [-0.2, -0.15) is 5.10 Å². The van der Waals surface area contributed by atoms with E-state index in [1.54, 1.807) is 7.05 Å². The van der Waals surface area contributed by atoms with Crippen LogP contribution in [0.5, 0.6) is 0 Å². The summed E-state index contributed by atoms with van der Waals surface area (Å²) in [7, 11) is -1.71. The van der Waals surface area contributed by atoms with Gasteiger partial charge in [-0.25, -0.2) is 13.1 Å². The van der Waals surface area contributed by atoms with Crippen molar-refractivity contribution in [3.05, 3.63) is 12.4 Å². The van der Waals surface area contributed by atoms with Gasteiger partial charge in [0.15, 0.2) is 0 Å². The third-order valence-electron chi connectivity index (χ3n) is 2.89. The Balaban J connectivity index is 2.06. The molecule has 1 fully saturated rings. The molecular weight excluding hydrogens is 240 g/mol. The minimum Gasteiger partial charge on any atom is -0.317 e. The molecular formula is C10H18N4O2S. The van der Waals surface area contributed by atoms with E-state index in [0.29, 0.717) is 0 Å². The molecule has 2 heterocycles. The van der Waals surface area contributed by atoms with E-state index >= 15 is 0 Å². The number of hydrogen-bond donors (Lipinski definition) is 2. The predicted molar refractivity (Wildman–Crippen MR) is 64.0 cm³/mol. The Hall–Kier alpha value is -0.920. The highest BCUT2D eigenvalue weighted by molar-refractivity contribution is 7.89. The second-order valence-corrected chi connectivity index (χ2v) is 6.06. The maximum Gasteiger partial charge on any atom is 0.243 e. The molecule has 1 aromatic rings. The molecule has 0 spiro atoms. The molecule has 2 N–H and O–H groups in total. The first kappa shape index (κ1) is 12.5. The van der Waals surface area contributed by atoms with E-state index in [1.807, 2.05) is 0 Å². The molecule has 6 nitrogen and oxygen atoms in total. The fraction of sp³-hybridized carbons (Fsp3) is 0.700. The molecule has 1 unspecified atom stereocenters. The molecule has 0 radical (unpaired) electrons. The summed E-state index contributed by atoms with van der Waals surface area (Å²) in [4.78, 5) is 0.234. The van der Waals surface area contributed by atoms with E-state index in [1.165, 1.54) is 17.1 Å². The van der Waals surface area contributed by atoms with Crippen LogP contribution in [-0.4, -0.2) is 37.3 Å². The quantitative estimate of drug-likeness (QED) is 0.790. The number of rotatable bonds is 3. The highest BCUT2D eigenvalue weighted by Crippen LogP contribution is 2.11. The molecule has 1 aliphatic heterocycles. The van der Waals surface area contributed by atoms with E-state index < -0.39 is 10.0 Å². The lowest BCUT2D eigenvalue weighted by atomic mass is 10.1. The lowest BCUT2D eigenvalue weighted by Crippen LogP contribution is -2.35. The van der Waals surface area contributed by atoms with E-state index in [2.05, 4.69) is 15.1 Å². The fourth-order valence-electron chi connectivity index (χ4n) is 1.96. The van der Waals surface area contributed by atoms with Crippen LogP contribution in [0.15, 0.2) is 17.3 Å². The summed E-state index contributed by atoms with van der Waals surface area (Å²) in [6.45, 7) is 1.82. The summed E-state index contributed by atoms with van der Waals surface area (Å²) >= 11 is 0. The van der Waals surface area contributed by atoms with Gasteiger partial charge in [-0.05, 0) is 32.4 Å². The van der Waals surface area contributed by atoms with Crippen molar-refractivity contribution in [2.24, 2.45) is 7.05 Å². The van der Waals surface area contributed by atoms with E-state index in [4.69, 9.17) is 0 Å². The van der Waals surface area contributed by atoms with Crippen molar-refractivity contribution in [3.63, 3.8) is 0 Å². The standard InChI is InChI=1S/C10H18N4O2S/c1-14-8-10(7-12-14)17(15,16)13-9-3-2-5-11-6-4-9/h7-9,11,13H,2-6H2,1H3. The molecule has 1 aliphatic rings. The Morgan fingerprint density at radius 1 is 1.47 bits per heavy atom. The van der Waals surface area contributed by atoms with Crippen LogP contribution >= 0.6 is 0 Å². The second kappa shape index (κ2) is 5.16. The fourth-order valence-corrected chi connectivity index (χ4v) is 3.25. The van der Waals surface area contributed by atoms with Gasteiger partial charge in [-0.15, -0.1) is 0 Å². The van der Waals surface area contributed by atoms with Crippen LogP contribution < -0.4 is 10.0 Å². The average Bonchev–Trinajstić information content (AvgIpc) is 2.55. The normalized spacial score (nSPS) is 22.3. The summed E-state index contributed by atoms with van der Waals surface area (Å²) in [6.07, 6.45) is 5.60. The molecule has 96 valence electrons. The monoisotopic (exact) mass is 258 g/mol. The zero-order chi connectivity index (χ0) is 12.3. The topological polar surface area (TPSA) is 76.0 Å². The summed E-state index contributed by atoms with van der Waals surface area (Å²) in [5.41, 5.74) is 0. The van der Waals surface area contributed by atoms with Gasteiger partial charge in [0, 0.05) is 19.3 Å². The second-order valence-electron chi connectivity index (χ2n) is 4.35. The highest BCUT2D eigenvalue weighted by Gasteiger charge is 2.21. The van der Waals surface area contributed by atoms with E-state index in [-0.39, 0.29) is 10.9 Å². The SMILES string of the molecule is Cn1cc(S(=O)(=O)NC2CCCNCC2)cn1. The number of nitrogens with one attached hydrogen (secondary N) is 2. The van der Waals surface area contributed by atoms with Gasteiger partial charge in [0.2, 0.25) is 10.0 Å². The third-order valence-corrected chi connectivity index (χ3v) is 4.36. The van der Waals surface area contributed by atoms with Crippen molar-refractivity contribution in [2.45, 2.75) is 30.2 Å². The van der Waals surface area contributed by atoms with Gasteiger partial charge < -0.3 is 5.32 Å².